The topological polar surface area (TPSA) is 75.0 Å². The van der Waals surface area contributed by atoms with Crippen LogP contribution in [0.15, 0.2) is 35.1 Å². The number of nitrogens with one attached hydrogen (secondary N) is 2. The summed E-state index contributed by atoms with van der Waals surface area (Å²) in [5, 5.41) is 0. The number of esters is 1. The second-order valence-corrected chi connectivity index (χ2v) is 4.51. The Balaban J connectivity index is 2.61. The van der Waals surface area contributed by atoms with E-state index in [0.717, 1.165) is 0 Å². The van der Waals surface area contributed by atoms with Crippen LogP contribution in [-0.4, -0.2) is 23.0 Å². The molecule has 2 N–H and O–H groups in total. The van der Waals surface area contributed by atoms with E-state index in [0.29, 0.717) is 5.56 Å². The summed E-state index contributed by atoms with van der Waals surface area (Å²) >= 11 is 4.86. The van der Waals surface area contributed by atoms with Crippen molar-refractivity contribution in [2.45, 2.75) is 0 Å². The zero-order valence-electron chi connectivity index (χ0n) is 11.0. The molecule has 2 rings (SSSR count). The molecule has 0 fully saturated rings. The first-order valence-corrected chi connectivity index (χ1v) is 6.30. The Labute approximate surface area is 124 Å². The van der Waals surface area contributed by atoms with Gasteiger partial charge in [0.05, 0.1) is 18.4 Å². The number of aromatic nitrogens is 2. The van der Waals surface area contributed by atoms with Crippen LogP contribution in [0.1, 0.15) is 11.3 Å². The predicted octanol–water partition coefficient (Wildman–Crippen LogP) is 2.29. The van der Waals surface area contributed by atoms with Gasteiger partial charge in [0, 0.05) is 6.07 Å². The lowest BCUT2D eigenvalue weighted by Crippen LogP contribution is -2.12. The Morgan fingerprint density at radius 3 is 2.71 bits per heavy atom. The van der Waals surface area contributed by atoms with Crippen molar-refractivity contribution in [3.8, 4) is 0 Å². The third kappa shape index (κ3) is 3.73. The Morgan fingerprint density at radius 1 is 1.33 bits per heavy atom. The van der Waals surface area contributed by atoms with Gasteiger partial charge in [-0.3, -0.25) is 9.78 Å². The molecule has 0 aliphatic carbocycles. The molecule has 0 unspecified atom stereocenters. The van der Waals surface area contributed by atoms with Crippen LogP contribution in [0.3, 0.4) is 0 Å². The van der Waals surface area contributed by atoms with Crippen LogP contribution >= 0.6 is 12.2 Å². The Hall–Kier alpha value is -2.54. The second kappa shape index (κ2) is 6.27. The summed E-state index contributed by atoms with van der Waals surface area (Å²) in [6.45, 7) is 0. The minimum atomic E-state index is -0.671. The molecule has 0 saturated carbocycles. The summed E-state index contributed by atoms with van der Waals surface area (Å²) in [4.78, 5) is 28.4. The van der Waals surface area contributed by atoms with Crippen molar-refractivity contribution >= 4 is 29.8 Å². The molecule has 0 spiro atoms. The number of carbonyl (C=O) groups excluding carboxylic acids is 1. The number of hydrogen-bond acceptors (Lipinski definition) is 4. The summed E-state index contributed by atoms with van der Waals surface area (Å²) in [7, 11) is 1.21. The van der Waals surface area contributed by atoms with Crippen molar-refractivity contribution < 1.29 is 13.9 Å². The molecule has 2 aromatic rings. The first-order valence-electron chi connectivity index (χ1n) is 5.89. The highest BCUT2D eigenvalue weighted by Gasteiger charge is 2.14. The van der Waals surface area contributed by atoms with Crippen LogP contribution in [0, 0.1) is 10.6 Å². The molecule has 0 bridgehead atoms. The van der Waals surface area contributed by atoms with E-state index in [2.05, 4.69) is 14.7 Å². The summed E-state index contributed by atoms with van der Waals surface area (Å²) < 4.78 is 18.0. The standard InChI is InChI=1S/C14H11FN2O3S/c1-20-13(19)10(6-8-3-2-4-9(15)5-8)11-7-12(18)17-14(21)16-11/h2-7H,1H3,(H2,16,17,18,21)/b10-6-. The fourth-order valence-corrected chi connectivity index (χ4v) is 1.94. The van der Waals surface area contributed by atoms with Gasteiger partial charge in [-0.05, 0) is 36.0 Å². The maximum atomic E-state index is 13.2. The highest BCUT2D eigenvalue weighted by atomic mass is 32.1. The van der Waals surface area contributed by atoms with E-state index in [1.54, 1.807) is 6.07 Å². The summed E-state index contributed by atoms with van der Waals surface area (Å²) in [6.07, 6.45) is 1.41. The van der Waals surface area contributed by atoms with Gasteiger partial charge in [0.25, 0.3) is 5.56 Å². The van der Waals surface area contributed by atoms with Gasteiger partial charge in [0.2, 0.25) is 0 Å². The summed E-state index contributed by atoms with van der Waals surface area (Å²) in [5.74, 6) is -1.11. The normalized spacial score (nSPS) is 11.2. The van der Waals surface area contributed by atoms with E-state index >= 15 is 0 Å². The first-order chi connectivity index (χ1) is 9.99. The molecule has 0 radical (unpaired) electrons. The number of halogens is 1. The molecular weight excluding hydrogens is 295 g/mol. The first kappa shape index (κ1) is 14.9. The van der Waals surface area contributed by atoms with E-state index in [-0.39, 0.29) is 16.0 Å². The van der Waals surface area contributed by atoms with Crippen LogP contribution < -0.4 is 5.56 Å². The molecule has 1 aromatic carbocycles. The zero-order valence-corrected chi connectivity index (χ0v) is 11.8. The van der Waals surface area contributed by atoms with Gasteiger partial charge in [0.1, 0.15) is 5.82 Å². The maximum absolute atomic E-state index is 13.2. The van der Waals surface area contributed by atoms with Gasteiger partial charge < -0.3 is 9.72 Å². The van der Waals surface area contributed by atoms with Crippen molar-refractivity contribution in [1.82, 2.24) is 9.97 Å². The number of carbonyl (C=O) groups is 1. The fourth-order valence-electron chi connectivity index (χ4n) is 1.73. The molecule has 21 heavy (non-hydrogen) atoms. The van der Waals surface area contributed by atoms with Gasteiger partial charge in [0.15, 0.2) is 4.77 Å². The number of hydrogen-bond donors (Lipinski definition) is 2. The average molecular weight is 306 g/mol. The SMILES string of the molecule is COC(=O)/C(=C\c1cccc(F)c1)c1cc(=O)[nH]c(=S)[nH]1. The van der Waals surface area contributed by atoms with E-state index < -0.39 is 17.3 Å². The molecule has 0 amide bonds. The number of methoxy groups -OCH3 is 1. The lowest BCUT2D eigenvalue weighted by molar-refractivity contribution is -0.133. The van der Waals surface area contributed by atoms with E-state index in [1.165, 1.54) is 37.5 Å². The zero-order chi connectivity index (χ0) is 15.4. The van der Waals surface area contributed by atoms with Crippen LogP contribution in [-0.2, 0) is 9.53 Å². The van der Waals surface area contributed by atoms with Gasteiger partial charge >= 0.3 is 5.97 Å². The molecule has 7 heteroatoms. The summed E-state index contributed by atoms with van der Waals surface area (Å²) in [5.41, 5.74) is 0.262. The van der Waals surface area contributed by atoms with Gasteiger partial charge in [-0.15, -0.1) is 0 Å². The Bertz CT molecular complexity index is 795. The molecule has 0 aliphatic heterocycles. The van der Waals surface area contributed by atoms with Crippen molar-refractivity contribution in [3.63, 3.8) is 0 Å². The van der Waals surface area contributed by atoms with Crippen LogP contribution in [0.2, 0.25) is 0 Å². The number of aromatic amines is 2. The predicted molar refractivity (Wildman–Crippen MR) is 78.5 cm³/mol. The number of benzene rings is 1. The van der Waals surface area contributed by atoms with Crippen molar-refractivity contribution in [2.75, 3.05) is 7.11 Å². The molecule has 0 atom stereocenters. The highest BCUT2D eigenvalue weighted by Crippen LogP contribution is 2.17. The minimum Gasteiger partial charge on any atom is -0.465 e. The number of ether oxygens (including phenoxy) is 1. The Kier molecular flexibility index (Phi) is 4.44. The van der Waals surface area contributed by atoms with Gasteiger partial charge in [-0.2, -0.15) is 0 Å². The molecule has 1 heterocycles. The van der Waals surface area contributed by atoms with Crippen molar-refractivity contribution in [1.29, 1.82) is 0 Å². The fraction of sp³-hybridized carbons (Fsp3) is 0.0714. The third-order valence-corrected chi connectivity index (χ3v) is 2.82. The minimum absolute atomic E-state index is 0.0697. The van der Waals surface area contributed by atoms with Crippen molar-refractivity contribution in [2.24, 2.45) is 0 Å². The summed E-state index contributed by atoms with van der Waals surface area (Å²) in [6, 6.07) is 6.85. The molecule has 0 aliphatic rings. The third-order valence-electron chi connectivity index (χ3n) is 2.62. The van der Waals surface area contributed by atoms with Gasteiger partial charge in [-0.25, -0.2) is 9.18 Å². The van der Waals surface area contributed by atoms with E-state index in [1.807, 2.05) is 0 Å². The van der Waals surface area contributed by atoms with Crippen LogP contribution in [0.25, 0.3) is 11.6 Å². The van der Waals surface area contributed by atoms with E-state index in [9.17, 15) is 14.0 Å². The maximum Gasteiger partial charge on any atom is 0.339 e. The molecule has 5 nitrogen and oxygen atoms in total. The molecule has 0 saturated heterocycles. The van der Waals surface area contributed by atoms with Crippen molar-refractivity contribution in [3.05, 3.63) is 62.5 Å². The van der Waals surface area contributed by atoms with Gasteiger partial charge in [-0.1, -0.05) is 12.1 Å². The van der Waals surface area contributed by atoms with E-state index in [4.69, 9.17) is 12.2 Å². The quantitative estimate of drug-likeness (QED) is 0.518. The lowest BCUT2D eigenvalue weighted by Gasteiger charge is -2.06. The average Bonchev–Trinajstić information content (AvgIpc) is 2.43. The largest absolute Gasteiger partial charge is 0.465 e. The lowest BCUT2D eigenvalue weighted by atomic mass is 10.1. The second-order valence-electron chi connectivity index (χ2n) is 4.11. The Morgan fingerprint density at radius 2 is 2.10 bits per heavy atom. The highest BCUT2D eigenvalue weighted by molar-refractivity contribution is 7.71. The van der Waals surface area contributed by atoms with Crippen LogP contribution in [0.4, 0.5) is 4.39 Å². The molecule has 108 valence electrons. The van der Waals surface area contributed by atoms with Crippen LogP contribution in [0.5, 0.6) is 0 Å². The monoisotopic (exact) mass is 306 g/mol. The molecular formula is C14H11FN2O3S. The molecule has 1 aromatic heterocycles. The number of rotatable bonds is 3. The number of H-pyrrole nitrogens is 2. The smallest absolute Gasteiger partial charge is 0.339 e.